The molecule has 2 heterocycles. The lowest BCUT2D eigenvalue weighted by Crippen LogP contribution is -2.04. The summed E-state index contributed by atoms with van der Waals surface area (Å²) in [5.74, 6) is 1.82. The third kappa shape index (κ3) is 6.11. The van der Waals surface area contributed by atoms with E-state index in [0.29, 0.717) is 27.7 Å². The summed E-state index contributed by atoms with van der Waals surface area (Å²) < 4.78 is 10.7. The van der Waals surface area contributed by atoms with Crippen LogP contribution in [0.5, 0.6) is 11.5 Å². The molecule has 0 aliphatic carbocycles. The summed E-state index contributed by atoms with van der Waals surface area (Å²) in [5, 5.41) is 35.0. The molecular weight excluding hydrogens is 508 g/mol. The van der Waals surface area contributed by atoms with Crippen LogP contribution in [0.25, 0.3) is 11.1 Å². The molecule has 2 aromatic heterocycles. The van der Waals surface area contributed by atoms with Gasteiger partial charge in [0.2, 0.25) is 0 Å². The number of pyridine rings is 1. The summed E-state index contributed by atoms with van der Waals surface area (Å²) >= 11 is 2.79. The summed E-state index contributed by atoms with van der Waals surface area (Å²) in [6.45, 7) is 0.0700. The Balaban J connectivity index is 1.57. The van der Waals surface area contributed by atoms with Crippen molar-refractivity contribution in [3.63, 3.8) is 0 Å². The standard InChI is InChI=1S/C26H22N6O3S2/c1-34-20-4-2-3-17(11-20)30-26-31-18(15-37-26)14-36-25-22(13-28)23(21(12-27)24(29)32-25)16-5-7-19(8-6-16)35-10-9-33/h2-8,11,15,33H,9-10,14H2,1H3,(H2,29,32)(H,30,31). The van der Waals surface area contributed by atoms with Crippen molar-refractivity contribution in [3.05, 3.63) is 70.7 Å². The first-order chi connectivity index (χ1) is 18.1. The van der Waals surface area contributed by atoms with Crippen LogP contribution in [0.3, 0.4) is 0 Å². The molecule has 4 aromatic rings. The number of thiazole rings is 1. The molecule has 0 amide bonds. The smallest absolute Gasteiger partial charge is 0.187 e. The lowest BCUT2D eigenvalue weighted by atomic mass is 9.97. The Morgan fingerprint density at radius 1 is 1.08 bits per heavy atom. The van der Waals surface area contributed by atoms with Crippen molar-refractivity contribution in [1.82, 2.24) is 9.97 Å². The van der Waals surface area contributed by atoms with Gasteiger partial charge in [0, 0.05) is 28.5 Å². The number of nitrogens with one attached hydrogen (secondary N) is 1. The lowest BCUT2D eigenvalue weighted by Gasteiger charge is -2.13. The first-order valence-corrected chi connectivity index (χ1v) is 12.9. The van der Waals surface area contributed by atoms with Crippen molar-refractivity contribution in [2.45, 2.75) is 10.8 Å². The Morgan fingerprint density at radius 3 is 2.57 bits per heavy atom. The second-order valence-electron chi connectivity index (χ2n) is 7.54. The number of nitriles is 2. The van der Waals surface area contributed by atoms with Crippen molar-refractivity contribution >= 4 is 39.7 Å². The first-order valence-electron chi connectivity index (χ1n) is 11.0. The molecule has 0 spiro atoms. The fraction of sp³-hybridized carbons (Fsp3) is 0.154. The summed E-state index contributed by atoms with van der Waals surface area (Å²) in [7, 11) is 1.62. The fourth-order valence-electron chi connectivity index (χ4n) is 3.47. The van der Waals surface area contributed by atoms with E-state index < -0.39 is 0 Å². The number of nitrogen functional groups attached to an aromatic ring is 1. The monoisotopic (exact) mass is 530 g/mol. The molecule has 0 saturated carbocycles. The highest BCUT2D eigenvalue weighted by molar-refractivity contribution is 7.98. The van der Waals surface area contributed by atoms with Gasteiger partial charge in [0.15, 0.2) is 5.13 Å². The minimum Gasteiger partial charge on any atom is -0.497 e. The predicted molar refractivity (Wildman–Crippen MR) is 144 cm³/mol. The third-order valence-corrected chi connectivity index (χ3v) is 6.96. The number of anilines is 3. The van der Waals surface area contributed by atoms with Gasteiger partial charge in [-0.05, 0) is 29.8 Å². The molecule has 37 heavy (non-hydrogen) atoms. The third-order valence-electron chi connectivity index (χ3n) is 5.15. The summed E-state index contributed by atoms with van der Waals surface area (Å²) in [5.41, 5.74) is 9.27. The Kier molecular flexibility index (Phi) is 8.44. The molecule has 0 fully saturated rings. The van der Waals surface area contributed by atoms with Crippen LogP contribution in [0.2, 0.25) is 0 Å². The van der Waals surface area contributed by atoms with Gasteiger partial charge >= 0.3 is 0 Å². The SMILES string of the molecule is COc1cccc(Nc2nc(CSc3nc(N)c(C#N)c(-c4ccc(OCCO)cc4)c3C#N)cs2)c1. The Bertz CT molecular complexity index is 1480. The zero-order chi connectivity index (χ0) is 26.2. The molecule has 0 aliphatic rings. The second kappa shape index (κ2) is 12.1. The number of aliphatic hydroxyl groups is 1. The highest BCUT2D eigenvalue weighted by Crippen LogP contribution is 2.37. The Hall–Kier alpha value is -4.29. The van der Waals surface area contributed by atoms with E-state index >= 15 is 0 Å². The molecule has 4 rings (SSSR count). The van der Waals surface area contributed by atoms with Crippen molar-refractivity contribution in [2.75, 3.05) is 31.4 Å². The van der Waals surface area contributed by atoms with E-state index in [4.69, 9.17) is 20.3 Å². The number of hydrogen-bond acceptors (Lipinski definition) is 11. The molecule has 11 heteroatoms. The van der Waals surface area contributed by atoms with Crippen molar-refractivity contribution in [1.29, 1.82) is 10.5 Å². The number of hydrogen-bond donors (Lipinski definition) is 3. The molecule has 0 bridgehead atoms. The maximum absolute atomic E-state index is 10.0. The highest BCUT2D eigenvalue weighted by atomic mass is 32.2. The van der Waals surface area contributed by atoms with Gasteiger partial charge in [-0.1, -0.05) is 30.0 Å². The second-order valence-corrected chi connectivity index (χ2v) is 9.36. The van der Waals surface area contributed by atoms with Crippen LogP contribution in [-0.2, 0) is 5.75 Å². The van der Waals surface area contributed by atoms with Crippen LogP contribution in [0.4, 0.5) is 16.6 Å². The van der Waals surface area contributed by atoms with E-state index in [0.717, 1.165) is 22.3 Å². The van der Waals surface area contributed by atoms with E-state index in [1.54, 1.807) is 31.4 Å². The molecule has 186 valence electrons. The summed E-state index contributed by atoms with van der Waals surface area (Å²) in [6, 6.07) is 18.8. The number of thioether (sulfide) groups is 1. The van der Waals surface area contributed by atoms with Gasteiger partial charge in [0.25, 0.3) is 0 Å². The normalized spacial score (nSPS) is 10.4. The van der Waals surface area contributed by atoms with Gasteiger partial charge in [-0.15, -0.1) is 11.3 Å². The highest BCUT2D eigenvalue weighted by Gasteiger charge is 2.21. The fourth-order valence-corrected chi connectivity index (χ4v) is 5.19. The van der Waals surface area contributed by atoms with Crippen LogP contribution >= 0.6 is 23.1 Å². The molecule has 2 aromatic carbocycles. The molecular formula is C26H22N6O3S2. The minimum atomic E-state index is -0.0993. The number of rotatable bonds is 10. The van der Waals surface area contributed by atoms with Crippen LogP contribution in [0, 0.1) is 22.7 Å². The Labute approximate surface area is 222 Å². The predicted octanol–water partition coefficient (Wildman–Crippen LogP) is 4.95. The number of benzene rings is 2. The van der Waals surface area contributed by atoms with Crippen LogP contribution in [0.1, 0.15) is 16.8 Å². The number of methoxy groups -OCH3 is 1. The van der Waals surface area contributed by atoms with E-state index in [2.05, 4.69) is 27.4 Å². The van der Waals surface area contributed by atoms with Crippen LogP contribution in [-0.4, -0.2) is 35.4 Å². The number of ether oxygens (including phenoxy) is 2. The van der Waals surface area contributed by atoms with E-state index in [1.165, 1.54) is 23.1 Å². The van der Waals surface area contributed by atoms with Crippen LogP contribution in [0.15, 0.2) is 58.9 Å². The van der Waals surface area contributed by atoms with Gasteiger partial charge in [-0.2, -0.15) is 10.5 Å². The zero-order valence-corrected chi connectivity index (χ0v) is 21.4. The minimum absolute atomic E-state index is 0.0539. The van der Waals surface area contributed by atoms with E-state index in [1.807, 2.05) is 29.6 Å². The average Bonchev–Trinajstić information content (AvgIpc) is 3.37. The Morgan fingerprint density at radius 2 is 1.86 bits per heavy atom. The molecule has 9 nitrogen and oxygen atoms in total. The zero-order valence-electron chi connectivity index (χ0n) is 19.8. The molecule has 0 radical (unpaired) electrons. The lowest BCUT2D eigenvalue weighted by molar-refractivity contribution is 0.201. The van der Waals surface area contributed by atoms with Gasteiger partial charge < -0.3 is 25.6 Å². The molecule has 0 saturated heterocycles. The van der Waals surface area contributed by atoms with E-state index in [9.17, 15) is 10.5 Å². The summed E-state index contributed by atoms with van der Waals surface area (Å²) in [6.07, 6.45) is 0. The quantitative estimate of drug-likeness (QED) is 0.240. The summed E-state index contributed by atoms with van der Waals surface area (Å²) in [4.78, 5) is 8.98. The molecule has 0 aliphatic heterocycles. The van der Waals surface area contributed by atoms with Gasteiger partial charge in [0.05, 0.1) is 25.0 Å². The maximum Gasteiger partial charge on any atom is 0.187 e. The van der Waals surface area contributed by atoms with Gasteiger partial charge in [-0.3, -0.25) is 0 Å². The maximum atomic E-state index is 10.0. The van der Waals surface area contributed by atoms with Crippen LogP contribution < -0.4 is 20.5 Å². The molecule has 0 unspecified atom stereocenters. The number of aliphatic hydroxyl groups excluding tert-OH is 1. The topological polar surface area (TPSA) is 150 Å². The number of aromatic nitrogens is 2. The molecule has 0 atom stereocenters. The first kappa shape index (κ1) is 25.8. The molecule has 4 N–H and O–H groups in total. The number of nitrogens with zero attached hydrogens (tertiary/aromatic N) is 4. The van der Waals surface area contributed by atoms with Crippen molar-refractivity contribution in [2.24, 2.45) is 0 Å². The van der Waals surface area contributed by atoms with E-state index in [-0.39, 0.29) is 30.2 Å². The number of nitrogens with two attached hydrogens (primary N) is 1. The van der Waals surface area contributed by atoms with Gasteiger partial charge in [0.1, 0.15) is 46.7 Å². The van der Waals surface area contributed by atoms with Crippen molar-refractivity contribution < 1.29 is 14.6 Å². The van der Waals surface area contributed by atoms with Gasteiger partial charge in [-0.25, -0.2) is 9.97 Å². The van der Waals surface area contributed by atoms with Crippen molar-refractivity contribution in [3.8, 4) is 34.8 Å². The average molecular weight is 531 g/mol. The largest absolute Gasteiger partial charge is 0.497 e.